The fourth-order valence-electron chi connectivity index (χ4n) is 2.57. The van der Waals surface area contributed by atoms with Gasteiger partial charge in [0.15, 0.2) is 0 Å². The number of carbonyl (C=O) groups excluding carboxylic acids is 1. The van der Waals surface area contributed by atoms with Crippen molar-refractivity contribution in [3.63, 3.8) is 0 Å². The van der Waals surface area contributed by atoms with Crippen LogP contribution in [-0.4, -0.2) is 45.3 Å². The van der Waals surface area contributed by atoms with Gasteiger partial charge in [-0.1, -0.05) is 12.1 Å². The monoisotopic (exact) mass is 327 g/mol. The number of hydrogen-bond acceptors (Lipinski definition) is 4. The van der Waals surface area contributed by atoms with Crippen molar-refractivity contribution in [3.05, 3.63) is 24.3 Å². The minimum atomic E-state index is -3.45. The normalized spacial score (nSPS) is 16.4. The van der Waals surface area contributed by atoms with Gasteiger partial charge >= 0.3 is 6.03 Å². The molecular weight excluding hydrogens is 306 g/mol. The number of sulfonamides is 1. The molecule has 0 spiro atoms. The highest BCUT2D eigenvalue weighted by atomic mass is 32.2. The van der Waals surface area contributed by atoms with Crippen LogP contribution in [0.25, 0.3) is 0 Å². The van der Waals surface area contributed by atoms with Crippen molar-refractivity contribution in [2.45, 2.75) is 12.8 Å². The van der Waals surface area contributed by atoms with Gasteiger partial charge in [0.05, 0.1) is 18.6 Å². The number of urea groups is 1. The predicted molar refractivity (Wildman–Crippen MR) is 84.3 cm³/mol. The Morgan fingerprint density at radius 1 is 1.36 bits per heavy atom. The van der Waals surface area contributed by atoms with E-state index in [0.29, 0.717) is 37.4 Å². The number of anilines is 1. The Labute approximate surface area is 130 Å². The van der Waals surface area contributed by atoms with Crippen LogP contribution in [0.5, 0.6) is 5.75 Å². The molecule has 0 atom stereocenters. The largest absolute Gasteiger partial charge is 0.495 e. The first kappa shape index (κ1) is 16.6. The number of piperidine rings is 1. The predicted octanol–water partition coefficient (Wildman–Crippen LogP) is 1.23. The van der Waals surface area contributed by atoms with Gasteiger partial charge in [0.1, 0.15) is 5.75 Å². The molecule has 0 aliphatic carbocycles. The number of ether oxygens (including phenoxy) is 1. The number of carbonyl (C=O) groups is 1. The number of nitrogens with one attached hydrogen (secondary N) is 1. The van der Waals surface area contributed by atoms with Crippen LogP contribution in [0.3, 0.4) is 0 Å². The zero-order chi connectivity index (χ0) is 16.2. The van der Waals surface area contributed by atoms with E-state index in [0.717, 1.165) is 0 Å². The van der Waals surface area contributed by atoms with E-state index in [-0.39, 0.29) is 17.7 Å². The summed E-state index contributed by atoms with van der Waals surface area (Å²) in [6.07, 6.45) is 1.27. The van der Waals surface area contributed by atoms with Gasteiger partial charge in [-0.2, -0.15) is 0 Å². The molecule has 1 aromatic rings. The number of methoxy groups -OCH3 is 1. The molecule has 122 valence electrons. The van der Waals surface area contributed by atoms with Gasteiger partial charge in [-0.25, -0.2) is 18.4 Å². The summed E-state index contributed by atoms with van der Waals surface area (Å²) in [6, 6.07) is 6.97. The molecule has 1 aliphatic rings. The van der Waals surface area contributed by atoms with Crippen LogP contribution in [0.15, 0.2) is 24.3 Å². The highest BCUT2D eigenvalue weighted by molar-refractivity contribution is 7.89. The first-order valence-electron chi connectivity index (χ1n) is 7.08. The average Bonchev–Trinajstić information content (AvgIpc) is 2.47. The lowest BCUT2D eigenvalue weighted by molar-refractivity contribution is 0.187. The zero-order valence-corrected chi connectivity index (χ0v) is 13.3. The van der Waals surface area contributed by atoms with E-state index < -0.39 is 10.0 Å². The molecule has 3 N–H and O–H groups in total. The lowest BCUT2D eigenvalue weighted by Gasteiger charge is -2.31. The van der Waals surface area contributed by atoms with E-state index in [1.807, 2.05) is 12.1 Å². The number of nitrogens with two attached hydrogens (primary N) is 1. The SMILES string of the molecule is COc1ccccc1NC(=O)N1CCC(CS(N)(=O)=O)CC1. The van der Waals surface area contributed by atoms with Gasteiger partial charge in [0.25, 0.3) is 0 Å². The van der Waals surface area contributed by atoms with Crippen LogP contribution in [0.4, 0.5) is 10.5 Å². The summed E-state index contributed by atoms with van der Waals surface area (Å²) >= 11 is 0. The number of benzene rings is 1. The van der Waals surface area contributed by atoms with Gasteiger partial charge in [-0.3, -0.25) is 0 Å². The maximum atomic E-state index is 12.2. The molecule has 8 heteroatoms. The topological polar surface area (TPSA) is 102 Å². The number of para-hydroxylation sites is 2. The summed E-state index contributed by atoms with van der Waals surface area (Å²) in [5, 5.41) is 7.87. The zero-order valence-electron chi connectivity index (χ0n) is 12.5. The van der Waals surface area contributed by atoms with E-state index in [2.05, 4.69) is 5.32 Å². The van der Waals surface area contributed by atoms with E-state index >= 15 is 0 Å². The van der Waals surface area contributed by atoms with Crippen molar-refractivity contribution in [1.29, 1.82) is 0 Å². The summed E-state index contributed by atoms with van der Waals surface area (Å²) in [5.41, 5.74) is 0.613. The van der Waals surface area contributed by atoms with E-state index in [9.17, 15) is 13.2 Å². The fourth-order valence-corrected chi connectivity index (χ4v) is 3.56. The fraction of sp³-hybridized carbons (Fsp3) is 0.500. The summed E-state index contributed by atoms with van der Waals surface area (Å²) in [6.45, 7) is 1.03. The van der Waals surface area contributed by atoms with Crippen molar-refractivity contribution in [2.75, 3.05) is 31.3 Å². The third kappa shape index (κ3) is 4.60. The van der Waals surface area contributed by atoms with Crippen LogP contribution < -0.4 is 15.2 Å². The number of nitrogens with zero attached hydrogens (tertiary/aromatic N) is 1. The van der Waals surface area contributed by atoms with Crippen molar-refractivity contribution >= 4 is 21.7 Å². The summed E-state index contributed by atoms with van der Waals surface area (Å²) in [5.74, 6) is 0.597. The molecule has 0 aromatic heterocycles. The standard InChI is InChI=1S/C14H21N3O4S/c1-21-13-5-3-2-4-12(13)16-14(18)17-8-6-11(7-9-17)10-22(15,19)20/h2-5,11H,6-10H2,1H3,(H,16,18)(H2,15,19,20). The third-order valence-electron chi connectivity index (χ3n) is 3.72. The second kappa shape index (κ2) is 6.97. The molecular formula is C14H21N3O4S. The Bertz CT molecular complexity index is 625. The molecule has 1 aromatic carbocycles. The third-order valence-corrected chi connectivity index (χ3v) is 4.65. The quantitative estimate of drug-likeness (QED) is 0.868. The van der Waals surface area contributed by atoms with E-state index in [1.165, 1.54) is 0 Å². The maximum absolute atomic E-state index is 12.2. The molecule has 0 unspecified atom stereocenters. The Hall–Kier alpha value is -1.80. The number of primary sulfonamides is 1. The number of likely N-dealkylation sites (tertiary alicyclic amines) is 1. The summed E-state index contributed by atoms with van der Waals surface area (Å²) in [7, 11) is -1.91. The molecule has 0 bridgehead atoms. The Morgan fingerprint density at radius 2 is 2.00 bits per heavy atom. The number of amides is 2. The van der Waals surface area contributed by atoms with Crippen molar-refractivity contribution < 1.29 is 17.9 Å². The average molecular weight is 327 g/mol. The first-order chi connectivity index (χ1) is 10.4. The summed E-state index contributed by atoms with van der Waals surface area (Å²) < 4.78 is 27.4. The van der Waals surface area contributed by atoms with Crippen LogP contribution in [0.1, 0.15) is 12.8 Å². The smallest absolute Gasteiger partial charge is 0.321 e. The maximum Gasteiger partial charge on any atom is 0.321 e. The van der Waals surface area contributed by atoms with Crippen LogP contribution in [-0.2, 0) is 10.0 Å². The molecule has 0 saturated carbocycles. The van der Waals surface area contributed by atoms with Crippen LogP contribution in [0.2, 0.25) is 0 Å². The lowest BCUT2D eigenvalue weighted by Crippen LogP contribution is -2.42. The van der Waals surface area contributed by atoms with E-state index in [1.54, 1.807) is 24.1 Å². The minimum Gasteiger partial charge on any atom is -0.495 e. The van der Waals surface area contributed by atoms with Gasteiger partial charge in [-0.15, -0.1) is 0 Å². The van der Waals surface area contributed by atoms with Gasteiger partial charge < -0.3 is 15.0 Å². The molecule has 1 aliphatic heterocycles. The van der Waals surface area contributed by atoms with Crippen LogP contribution in [0, 0.1) is 5.92 Å². The molecule has 7 nitrogen and oxygen atoms in total. The molecule has 1 saturated heterocycles. The van der Waals surface area contributed by atoms with Crippen molar-refractivity contribution in [3.8, 4) is 5.75 Å². The second-order valence-electron chi connectivity index (χ2n) is 5.39. The number of hydrogen-bond donors (Lipinski definition) is 2. The van der Waals surface area contributed by atoms with Gasteiger partial charge in [0.2, 0.25) is 10.0 Å². The highest BCUT2D eigenvalue weighted by Crippen LogP contribution is 2.24. The Kier molecular flexibility index (Phi) is 5.25. The summed E-state index contributed by atoms with van der Waals surface area (Å²) in [4.78, 5) is 13.9. The van der Waals surface area contributed by atoms with Gasteiger partial charge in [-0.05, 0) is 30.9 Å². The molecule has 2 rings (SSSR count). The molecule has 2 amide bonds. The van der Waals surface area contributed by atoms with Gasteiger partial charge in [0, 0.05) is 13.1 Å². The molecule has 22 heavy (non-hydrogen) atoms. The Morgan fingerprint density at radius 3 is 2.59 bits per heavy atom. The lowest BCUT2D eigenvalue weighted by atomic mass is 9.99. The Balaban J connectivity index is 1.90. The van der Waals surface area contributed by atoms with Crippen molar-refractivity contribution in [1.82, 2.24) is 4.90 Å². The van der Waals surface area contributed by atoms with E-state index in [4.69, 9.17) is 9.88 Å². The van der Waals surface area contributed by atoms with Crippen molar-refractivity contribution in [2.24, 2.45) is 11.1 Å². The first-order valence-corrected chi connectivity index (χ1v) is 8.80. The number of rotatable bonds is 4. The highest BCUT2D eigenvalue weighted by Gasteiger charge is 2.25. The van der Waals surface area contributed by atoms with Crippen LogP contribution >= 0.6 is 0 Å². The molecule has 1 fully saturated rings. The second-order valence-corrected chi connectivity index (χ2v) is 7.05. The molecule has 1 heterocycles. The minimum absolute atomic E-state index is 0.0188. The molecule has 0 radical (unpaired) electrons.